The molecule has 1 heterocycles. The number of carbonyl (C=O) groups is 1. The summed E-state index contributed by atoms with van der Waals surface area (Å²) in [5.74, 6) is 0.0949. The van der Waals surface area contributed by atoms with Crippen LogP contribution in [0.2, 0.25) is 0 Å². The van der Waals surface area contributed by atoms with E-state index in [0.717, 1.165) is 17.3 Å². The highest BCUT2D eigenvalue weighted by atomic mass is 32.2. The molecule has 1 amide bonds. The maximum Gasteiger partial charge on any atom is 0.253 e. The number of para-hydroxylation sites is 2. The lowest BCUT2D eigenvalue weighted by Crippen LogP contribution is -2.30. The van der Waals surface area contributed by atoms with Crippen molar-refractivity contribution in [1.29, 1.82) is 0 Å². The van der Waals surface area contributed by atoms with Crippen LogP contribution in [0.25, 0.3) is 21.8 Å². The standard InChI is InChI=1S/C25H26N4O5S/c1-15(30)14-26-25(31)19-9-6-8-18-23(17-7-4-5-10-20(17)27-24(18)19)28-21-12-11-16(13-22(21)34-2)29-35(3,32)33/h4-13,15,29-30H,14H2,1-3H3,(H,26,31)(H,27,28). The first-order chi connectivity index (χ1) is 16.7. The average Bonchev–Trinajstić information content (AvgIpc) is 2.81. The number of sulfonamides is 1. The molecule has 3 aromatic carbocycles. The van der Waals surface area contributed by atoms with Crippen molar-refractivity contribution in [3.05, 3.63) is 66.2 Å². The predicted molar refractivity (Wildman–Crippen MR) is 138 cm³/mol. The number of fused-ring (bicyclic) bond motifs is 2. The van der Waals surface area contributed by atoms with Crippen LogP contribution in [0.4, 0.5) is 17.1 Å². The van der Waals surface area contributed by atoms with Crippen LogP contribution in [0.5, 0.6) is 5.75 Å². The molecular formula is C25H26N4O5S. The number of pyridine rings is 1. The molecule has 182 valence electrons. The van der Waals surface area contributed by atoms with Crippen LogP contribution >= 0.6 is 0 Å². The summed E-state index contributed by atoms with van der Waals surface area (Å²) in [6.07, 6.45) is 0.406. The van der Waals surface area contributed by atoms with Crippen LogP contribution in [0.15, 0.2) is 60.7 Å². The van der Waals surface area contributed by atoms with E-state index in [-0.39, 0.29) is 12.5 Å². The number of benzene rings is 3. The number of nitrogens with one attached hydrogen (secondary N) is 3. The highest BCUT2D eigenvalue weighted by Gasteiger charge is 2.17. The predicted octanol–water partition coefficient (Wildman–Crippen LogP) is 3.62. The molecule has 4 aromatic rings. The van der Waals surface area contributed by atoms with E-state index in [1.165, 1.54) is 7.11 Å². The third kappa shape index (κ3) is 5.44. The van der Waals surface area contributed by atoms with Gasteiger partial charge in [0.05, 0.1) is 53.1 Å². The maximum absolute atomic E-state index is 12.9. The smallest absolute Gasteiger partial charge is 0.253 e. The molecule has 0 saturated heterocycles. The van der Waals surface area contributed by atoms with E-state index in [4.69, 9.17) is 9.72 Å². The van der Waals surface area contributed by atoms with Gasteiger partial charge in [-0.25, -0.2) is 13.4 Å². The second kappa shape index (κ2) is 9.77. The summed E-state index contributed by atoms with van der Waals surface area (Å²) in [4.78, 5) is 17.6. The van der Waals surface area contributed by atoms with Gasteiger partial charge >= 0.3 is 0 Å². The zero-order valence-electron chi connectivity index (χ0n) is 19.5. The Morgan fingerprint density at radius 1 is 1.09 bits per heavy atom. The van der Waals surface area contributed by atoms with E-state index in [1.807, 2.05) is 30.3 Å². The summed E-state index contributed by atoms with van der Waals surface area (Å²) in [6, 6.07) is 17.8. The number of aromatic nitrogens is 1. The maximum atomic E-state index is 12.9. The number of amides is 1. The van der Waals surface area contributed by atoms with Crippen molar-refractivity contribution in [3.8, 4) is 5.75 Å². The number of hydrogen-bond acceptors (Lipinski definition) is 7. The quantitative estimate of drug-likeness (QED) is 0.275. The Bertz CT molecular complexity index is 1520. The van der Waals surface area contributed by atoms with Crippen molar-refractivity contribution in [3.63, 3.8) is 0 Å². The van der Waals surface area contributed by atoms with Crippen molar-refractivity contribution < 1.29 is 23.1 Å². The fraction of sp³-hybridized carbons (Fsp3) is 0.200. The van der Waals surface area contributed by atoms with Crippen molar-refractivity contribution in [2.24, 2.45) is 0 Å². The van der Waals surface area contributed by atoms with E-state index in [2.05, 4.69) is 15.4 Å². The summed E-state index contributed by atoms with van der Waals surface area (Å²) < 4.78 is 31.2. The van der Waals surface area contributed by atoms with Gasteiger partial charge in [-0.3, -0.25) is 9.52 Å². The van der Waals surface area contributed by atoms with Gasteiger partial charge in [0.1, 0.15) is 5.75 Å². The van der Waals surface area contributed by atoms with E-state index in [9.17, 15) is 18.3 Å². The second-order valence-electron chi connectivity index (χ2n) is 8.18. The summed E-state index contributed by atoms with van der Waals surface area (Å²) in [6.45, 7) is 1.72. The molecule has 9 nitrogen and oxygen atoms in total. The molecular weight excluding hydrogens is 468 g/mol. The number of hydrogen-bond donors (Lipinski definition) is 4. The van der Waals surface area contributed by atoms with Crippen molar-refractivity contribution >= 4 is 54.8 Å². The summed E-state index contributed by atoms with van der Waals surface area (Å²) in [7, 11) is -1.94. The zero-order valence-corrected chi connectivity index (χ0v) is 20.3. The fourth-order valence-electron chi connectivity index (χ4n) is 3.77. The number of rotatable bonds is 8. The number of aliphatic hydroxyl groups excluding tert-OH is 1. The van der Waals surface area contributed by atoms with Gasteiger partial charge in [-0.2, -0.15) is 0 Å². The summed E-state index contributed by atoms with van der Waals surface area (Å²) in [5, 5.41) is 17.2. The fourth-order valence-corrected chi connectivity index (χ4v) is 4.33. The molecule has 0 fully saturated rings. The lowest BCUT2D eigenvalue weighted by Gasteiger charge is -2.17. The Morgan fingerprint density at radius 2 is 1.83 bits per heavy atom. The first kappa shape index (κ1) is 24.2. The molecule has 4 N–H and O–H groups in total. The van der Waals surface area contributed by atoms with Gasteiger partial charge in [-0.05, 0) is 31.2 Å². The van der Waals surface area contributed by atoms with Crippen molar-refractivity contribution in [1.82, 2.24) is 10.3 Å². The van der Waals surface area contributed by atoms with Gasteiger partial charge < -0.3 is 20.5 Å². The monoisotopic (exact) mass is 494 g/mol. The molecule has 1 aromatic heterocycles. The van der Waals surface area contributed by atoms with Gasteiger partial charge in [-0.1, -0.05) is 30.3 Å². The number of carbonyl (C=O) groups excluding carboxylic acids is 1. The lowest BCUT2D eigenvalue weighted by molar-refractivity contribution is 0.0925. The minimum atomic E-state index is -3.44. The van der Waals surface area contributed by atoms with Crippen molar-refractivity contribution in [2.45, 2.75) is 13.0 Å². The summed E-state index contributed by atoms with van der Waals surface area (Å²) >= 11 is 0. The number of aliphatic hydroxyl groups is 1. The second-order valence-corrected chi connectivity index (χ2v) is 9.93. The molecule has 1 atom stereocenters. The van der Waals surface area contributed by atoms with Gasteiger partial charge in [-0.15, -0.1) is 0 Å². The highest BCUT2D eigenvalue weighted by molar-refractivity contribution is 7.92. The first-order valence-electron chi connectivity index (χ1n) is 10.9. The van der Waals surface area contributed by atoms with Crippen molar-refractivity contribution in [2.75, 3.05) is 29.9 Å². The van der Waals surface area contributed by atoms with Gasteiger partial charge in [0.25, 0.3) is 5.91 Å². The van der Waals surface area contributed by atoms with Gasteiger partial charge in [0.2, 0.25) is 10.0 Å². The minimum Gasteiger partial charge on any atom is -0.494 e. The normalized spacial score (nSPS) is 12.3. The minimum absolute atomic E-state index is 0.124. The van der Waals surface area contributed by atoms with Crippen LogP contribution in [-0.2, 0) is 10.0 Å². The zero-order chi connectivity index (χ0) is 25.2. The molecule has 0 aliphatic heterocycles. The number of methoxy groups -OCH3 is 1. The first-order valence-corrected chi connectivity index (χ1v) is 12.8. The van der Waals surface area contributed by atoms with E-state index < -0.39 is 16.1 Å². The van der Waals surface area contributed by atoms with Crippen LogP contribution in [-0.4, -0.2) is 50.4 Å². The molecule has 0 bridgehead atoms. The van der Waals surface area contributed by atoms with E-state index in [1.54, 1.807) is 37.3 Å². The Morgan fingerprint density at radius 3 is 2.54 bits per heavy atom. The molecule has 1 unspecified atom stereocenters. The number of ether oxygens (including phenoxy) is 1. The van der Waals surface area contributed by atoms with Crippen LogP contribution in [0.3, 0.4) is 0 Å². The third-order valence-corrected chi connectivity index (χ3v) is 5.88. The van der Waals surface area contributed by atoms with Crippen LogP contribution in [0, 0.1) is 0 Å². The van der Waals surface area contributed by atoms with Crippen LogP contribution < -0.4 is 20.1 Å². The largest absolute Gasteiger partial charge is 0.494 e. The highest BCUT2D eigenvalue weighted by Crippen LogP contribution is 2.37. The lowest BCUT2D eigenvalue weighted by atomic mass is 10.0. The Kier molecular flexibility index (Phi) is 6.77. The van der Waals surface area contributed by atoms with Gasteiger partial charge in [0.15, 0.2) is 0 Å². The van der Waals surface area contributed by atoms with E-state index in [0.29, 0.717) is 39.1 Å². The summed E-state index contributed by atoms with van der Waals surface area (Å²) in [5.41, 5.74) is 3.28. The molecule has 35 heavy (non-hydrogen) atoms. The van der Waals surface area contributed by atoms with Crippen LogP contribution in [0.1, 0.15) is 17.3 Å². The Labute approximate surface area is 203 Å². The molecule has 0 spiro atoms. The number of nitrogens with zero attached hydrogens (tertiary/aromatic N) is 1. The molecule has 0 radical (unpaired) electrons. The Balaban J connectivity index is 1.85. The molecule has 4 rings (SSSR count). The molecule has 0 aliphatic carbocycles. The van der Waals surface area contributed by atoms with Gasteiger partial charge in [0, 0.05) is 23.4 Å². The SMILES string of the molecule is COc1cc(NS(C)(=O)=O)ccc1Nc1c2ccccc2nc2c(C(=O)NCC(C)O)cccc12. The Hall–Kier alpha value is -3.89. The topological polar surface area (TPSA) is 130 Å². The average molecular weight is 495 g/mol. The third-order valence-electron chi connectivity index (χ3n) is 5.28. The van der Waals surface area contributed by atoms with E-state index >= 15 is 0 Å². The molecule has 10 heteroatoms. The molecule has 0 aliphatic rings. The number of anilines is 3. The molecule has 0 saturated carbocycles.